The molecule has 21 heavy (non-hydrogen) atoms. The van der Waals surface area contributed by atoms with E-state index in [2.05, 4.69) is 10.3 Å². The van der Waals surface area contributed by atoms with Crippen molar-refractivity contribution in [3.63, 3.8) is 0 Å². The van der Waals surface area contributed by atoms with E-state index in [4.69, 9.17) is 0 Å². The maximum Gasteiger partial charge on any atom is 0.226 e. The molecule has 2 N–H and O–H groups in total. The third kappa shape index (κ3) is 2.61. The molecule has 2 unspecified atom stereocenters. The van der Waals surface area contributed by atoms with Crippen molar-refractivity contribution in [3.8, 4) is 0 Å². The third-order valence-corrected chi connectivity index (χ3v) is 6.40. The van der Waals surface area contributed by atoms with Crippen LogP contribution in [0.4, 0.5) is 5.13 Å². The Balaban J connectivity index is 1.39. The lowest BCUT2D eigenvalue weighted by atomic mass is 9.47. The molecule has 0 spiro atoms. The lowest BCUT2D eigenvalue weighted by Gasteiger charge is -2.60. The first-order valence-electron chi connectivity index (χ1n) is 7.96. The quantitative estimate of drug-likeness (QED) is 0.898. The Bertz CT molecular complexity index is 528. The summed E-state index contributed by atoms with van der Waals surface area (Å²) in [5, 5.41) is 16.2. The minimum Gasteiger partial charge on any atom is -0.390 e. The van der Waals surface area contributed by atoms with E-state index >= 15 is 0 Å². The zero-order valence-electron chi connectivity index (χ0n) is 12.2. The summed E-state index contributed by atoms with van der Waals surface area (Å²) in [6.07, 6.45) is 9.82. The van der Waals surface area contributed by atoms with Crippen molar-refractivity contribution in [3.05, 3.63) is 11.6 Å². The Morgan fingerprint density at radius 1 is 1.38 bits per heavy atom. The average molecular weight is 306 g/mol. The molecule has 4 nitrogen and oxygen atoms in total. The van der Waals surface area contributed by atoms with Crippen LogP contribution >= 0.6 is 11.3 Å². The number of carbonyl (C=O) groups excluding carboxylic acids is 1. The lowest BCUT2D eigenvalue weighted by Crippen LogP contribution is -2.55. The summed E-state index contributed by atoms with van der Waals surface area (Å²) in [6.45, 7) is 0. The van der Waals surface area contributed by atoms with E-state index < -0.39 is 5.60 Å². The van der Waals surface area contributed by atoms with Crippen LogP contribution in [-0.4, -0.2) is 21.6 Å². The molecule has 4 aliphatic carbocycles. The van der Waals surface area contributed by atoms with E-state index in [1.54, 1.807) is 6.20 Å². The van der Waals surface area contributed by atoms with Crippen molar-refractivity contribution in [2.24, 2.45) is 17.3 Å². The molecule has 1 aromatic heterocycles. The molecule has 4 fully saturated rings. The zero-order valence-corrected chi connectivity index (χ0v) is 13.0. The Kier molecular flexibility index (Phi) is 3.12. The van der Waals surface area contributed by atoms with Crippen LogP contribution in [0.25, 0.3) is 0 Å². The molecule has 1 heterocycles. The molecule has 0 aliphatic heterocycles. The van der Waals surface area contributed by atoms with Gasteiger partial charge in [-0.1, -0.05) is 0 Å². The van der Waals surface area contributed by atoms with Crippen LogP contribution < -0.4 is 5.32 Å². The number of carbonyl (C=O) groups is 1. The summed E-state index contributed by atoms with van der Waals surface area (Å²) in [4.78, 5) is 16.2. The number of hydrogen-bond acceptors (Lipinski definition) is 4. The van der Waals surface area contributed by atoms with Gasteiger partial charge in [-0.25, -0.2) is 4.98 Å². The summed E-state index contributed by atoms with van der Waals surface area (Å²) < 4.78 is 0. The third-order valence-electron chi connectivity index (χ3n) is 5.71. The van der Waals surface area contributed by atoms with Crippen LogP contribution in [0.5, 0.6) is 0 Å². The van der Waals surface area contributed by atoms with Gasteiger partial charge in [-0.05, 0) is 62.2 Å². The van der Waals surface area contributed by atoms with Crippen LogP contribution in [0.1, 0.15) is 51.4 Å². The normalized spacial score (nSPS) is 40.4. The van der Waals surface area contributed by atoms with E-state index in [9.17, 15) is 9.90 Å². The number of thiazole rings is 1. The molecular weight excluding hydrogens is 284 g/mol. The van der Waals surface area contributed by atoms with Gasteiger partial charge in [0.2, 0.25) is 5.91 Å². The number of anilines is 1. The number of aliphatic hydroxyl groups is 1. The predicted molar refractivity (Wildman–Crippen MR) is 82.0 cm³/mol. The van der Waals surface area contributed by atoms with Gasteiger partial charge in [0.25, 0.3) is 0 Å². The van der Waals surface area contributed by atoms with Gasteiger partial charge in [-0.2, -0.15) is 0 Å². The van der Waals surface area contributed by atoms with Gasteiger partial charge in [0, 0.05) is 18.0 Å². The summed E-state index contributed by atoms with van der Waals surface area (Å²) in [5.74, 6) is 1.45. The second-order valence-electron chi connectivity index (χ2n) is 7.57. The first kappa shape index (κ1) is 13.7. The van der Waals surface area contributed by atoms with Crippen molar-refractivity contribution in [1.82, 2.24) is 4.98 Å². The molecule has 0 radical (unpaired) electrons. The van der Waals surface area contributed by atoms with Gasteiger partial charge in [-0.15, -0.1) is 11.3 Å². The number of hydrogen-bond donors (Lipinski definition) is 2. The summed E-state index contributed by atoms with van der Waals surface area (Å²) in [7, 11) is 0. The minimum atomic E-state index is -0.421. The van der Waals surface area contributed by atoms with Crippen molar-refractivity contribution in [1.29, 1.82) is 0 Å². The van der Waals surface area contributed by atoms with Gasteiger partial charge in [0.1, 0.15) is 0 Å². The van der Waals surface area contributed by atoms with Crippen molar-refractivity contribution in [2.45, 2.75) is 57.0 Å². The molecular formula is C16H22N2O2S. The fourth-order valence-corrected chi connectivity index (χ4v) is 6.09. The lowest BCUT2D eigenvalue weighted by molar-refractivity contribution is -0.166. The number of rotatable bonds is 4. The minimum absolute atomic E-state index is 0.0627. The Morgan fingerprint density at radius 3 is 2.76 bits per heavy atom. The first-order chi connectivity index (χ1) is 10.0. The van der Waals surface area contributed by atoms with Gasteiger partial charge >= 0.3 is 0 Å². The highest BCUT2D eigenvalue weighted by molar-refractivity contribution is 7.13. The second-order valence-corrected chi connectivity index (χ2v) is 8.47. The molecule has 2 atom stereocenters. The van der Waals surface area contributed by atoms with Gasteiger partial charge in [0.15, 0.2) is 5.13 Å². The fraction of sp³-hybridized carbons (Fsp3) is 0.750. The van der Waals surface area contributed by atoms with Crippen LogP contribution in [-0.2, 0) is 4.79 Å². The van der Waals surface area contributed by atoms with Gasteiger partial charge in [-0.3, -0.25) is 4.79 Å². The molecule has 4 saturated carbocycles. The van der Waals surface area contributed by atoms with Crippen molar-refractivity contribution in [2.75, 3.05) is 5.32 Å². The number of nitrogens with zero attached hydrogens (tertiary/aromatic N) is 1. The average Bonchev–Trinajstić information content (AvgIpc) is 2.86. The van der Waals surface area contributed by atoms with E-state index in [-0.39, 0.29) is 11.3 Å². The van der Waals surface area contributed by atoms with E-state index in [1.807, 2.05) is 5.38 Å². The van der Waals surface area contributed by atoms with E-state index in [1.165, 1.54) is 30.6 Å². The monoisotopic (exact) mass is 306 g/mol. The largest absolute Gasteiger partial charge is 0.390 e. The maximum absolute atomic E-state index is 12.1. The molecule has 114 valence electrons. The van der Waals surface area contributed by atoms with Crippen molar-refractivity contribution < 1.29 is 9.90 Å². The Labute approximate surface area is 129 Å². The highest BCUT2D eigenvalue weighted by Crippen LogP contribution is 2.63. The van der Waals surface area contributed by atoms with Crippen molar-refractivity contribution >= 4 is 22.4 Å². The molecule has 4 bridgehead atoms. The first-order valence-corrected chi connectivity index (χ1v) is 8.84. The number of amides is 1. The highest BCUT2D eigenvalue weighted by atomic mass is 32.1. The molecule has 0 aromatic carbocycles. The van der Waals surface area contributed by atoms with Crippen LogP contribution in [0, 0.1) is 17.3 Å². The molecule has 1 amide bonds. The Hall–Kier alpha value is -0.940. The molecule has 1 aromatic rings. The standard InChI is InChI=1S/C16H22N2O2S/c19-13(18-14-17-3-4-21-14)1-2-15-6-11-5-12(7-15)9-16(20,8-11)10-15/h3-4,11-12,20H,1-2,5-10H2,(H,17,18,19). The van der Waals surface area contributed by atoms with E-state index in [0.717, 1.165) is 25.7 Å². The predicted octanol–water partition coefficient (Wildman–Crippen LogP) is 3.19. The molecule has 5 heteroatoms. The second kappa shape index (κ2) is 4.78. The molecule has 0 saturated heterocycles. The number of nitrogens with one attached hydrogen (secondary N) is 1. The maximum atomic E-state index is 12.1. The zero-order chi connectivity index (χ0) is 14.5. The number of aromatic nitrogens is 1. The Morgan fingerprint density at radius 2 is 2.14 bits per heavy atom. The summed E-state index contributed by atoms with van der Waals surface area (Å²) >= 11 is 1.45. The van der Waals surface area contributed by atoms with E-state index in [0.29, 0.717) is 23.4 Å². The topological polar surface area (TPSA) is 62.2 Å². The van der Waals surface area contributed by atoms with Gasteiger partial charge < -0.3 is 10.4 Å². The van der Waals surface area contributed by atoms with Crippen LogP contribution in [0.3, 0.4) is 0 Å². The van der Waals surface area contributed by atoms with Crippen LogP contribution in [0.2, 0.25) is 0 Å². The molecule has 5 rings (SSSR count). The SMILES string of the molecule is O=C(CCC12CC3CC(CC(O)(C3)C1)C2)Nc1nccs1. The molecule has 4 aliphatic rings. The fourth-order valence-electron chi connectivity index (χ4n) is 5.54. The summed E-state index contributed by atoms with van der Waals surface area (Å²) in [6, 6.07) is 0. The summed E-state index contributed by atoms with van der Waals surface area (Å²) in [5.41, 5.74) is -0.199. The van der Waals surface area contributed by atoms with Crippen LogP contribution in [0.15, 0.2) is 11.6 Å². The van der Waals surface area contributed by atoms with Gasteiger partial charge in [0.05, 0.1) is 5.60 Å². The smallest absolute Gasteiger partial charge is 0.226 e. The highest BCUT2D eigenvalue weighted by Gasteiger charge is 2.56.